The lowest BCUT2D eigenvalue weighted by molar-refractivity contribution is -0.193. The van der Waals surface area contributed by atoms with Crippen LogP contribution in [0.1, 0.15) is 11.1 Å². The molecule has 0 saturated carbocycles. The minimum Gasteiger partial charge on any atom is -0.426 e. The highest BCUT2D eigenvalue weighted by Crippen LogP contribution is 2.33. The van der Waals surface area contributed by atoms with E-state index in [2.05, 4.69) is 4.74 Å². The van der Waals surface area contributed by atoms with E-state index < -0.39 is 11.9 Å². The highest BCUT2D eigenvalue weighted by atomic mass is 19.3. The first-order valence-corrected chi connectivity index (χ1v) is 4.19. The Morgan fingerprint density at radius 3 is 2.86 bits per heavy atom. The van der Waals surface area contributed by atoms with Crippen molar-refractivity contribution in [2.24, 2.45) is 0 Å². The minimum absolute atomic E-state index is 0.0974. The molecule has 0 aliphatic carbocycles. The third-order valence-corrected chi connectivity index (χ3v) is 2.13. The molecule has 0 N–H and O–H groups in total. The summed E-state index contributed by atoms with van der Waals surface area (Å²) < 4.78 is 29.9. The summed E-state index contributed by atoms with van der Waals surface area (Å²) >= 11 is 0. The van der Waals surface area contributed by atoms with Gasteiger partial charge in [0.2, 0.25) is 5.78 Å². The Morgan fingerprint density at radius 2 is 2.14 bits per heavy atom. The molecular formula is C10H8F2O2. The Kier molecular flexibility index (Phi) is 1.80. The Hall–Kier alpha value is -1.45. The van der Waals surface area contributed by atoms with Crippen LogP contribution in [0.15, 0.2) is 18.2 Å². The van der Waals surface area contributed by atoms with E-state index in [1.54, 1.807) is 12.1 Å². The van der Waals surface area contributed by atoms with Gasteiger partial charge in [0.15, 0.2) is 0 Å². The Balaban J connectivity index is 2.46. The summed E-state index contributed by atoms with van der Waals surface area (Å²) in [4.78, 5) is 10.9. The topological polar surface area (TPSA) is 26.3 Å². The molecular weight excluding hydrogens is 190 g/mol. The van der Waals surface area contributed by atoms with Crippen molar-refractivity contribution in [2.75, 3.05) is 0 Å². The number of ketones is 1. The Labute approximate surface area is 79.5 Å². The Bertz CT molecular complexity index is 399. The number of alkyl halides is 2. The minimum atomic E-state index is -3.66. The van der Waals surface area contributed by atoms with Crippen LogP contribution >= 0.6 is 0 Å². The fourth-order valence-corrected chi connectivity index (χ4v) is 1.42. The van der Waals surface area contributed by atoms with E-state index in [1.165, 1.54) is 6.07 Å². The van der Waals surface area contributed by atoms with Gasteiger partial charge in [-0.15, -0.1) is 0 Å². The molecule has 1 aromatic carbocycles. The van der Waals surface area contributed by atoms with Gasteiger partial charge in [0.05, 0.1) is 0 Å². The zero-order chi connectivity index (χ0) is 10.3. The molecule has 0 fully saturated rings. The van der Waals surface area contributed by atoms with E-state index in [-0.39, 0.29) is 12.2 Å². The average Bonchev–Trinajstić information content (AvgIpc) is 2.08. The maximum atomic E-state index is 12.8. The van der Waals surface area contributed by atoms with E-state index >= 15 is 0 Å². The predicted molar refractivity (Wildman–Crippen MR) is 45.5 cm³/mol. The van der Waals surface area contributed by atoms with Crippen molar-refractivity contribution in [3.8, 4) is 5.75 Å². The monoisotopic (exact) mass is 198 g/mol. The van der Waals surface area contributed by atoms with E-state index in [0.29, 0.717) is 5.56 Å². The van der Waals surface area contributed by atoms with Crippen molar-refractivity contribution in [1.29, 1.82) is 0 Å². The first kappa shape index (κ1) is 9.12. The Morgan fingerprint density at radius 1 is 1.43 bits per heavy atom. The molecule has 14 heavy (non-hydrogen) atoms. The molecule has 0 unspecified atom stereocenters. The van der Waals surface area contributed by atoms with Crippen molar-refractivity contribution < 1.29 is 18.3 Å². The van der Waals surface area contributed by atoms with Gasteiger partial charge < -0.3 is 4.74 Å². The van der Waals surface area contributed by atoms with Crippen molar-refractivity contribution in [1.82, 2.24) is 0 Å². The standard InChI is InChI=1S/C10H8F2O2/c1-6-2-3-8-7(4-6)5-9(13)10(11,12)14-8/h2-4H,5H2,1H3. The summed E-state index contributed by atoms with van der Waals surface area (Å²) in [6, 6.07) is 4.82. The van der Waals surface area contributed by atoms with Crippen LogP contribution in [0.3, 0.4) is 0 Å². The second-order valence-electron chi connectivity index (χ2n) is 3.33. The number of fused-ring (bicyclic) bond motifs is 1. The van der Waals surface area contributed by atoms with Crippen molar-refractivity contribution >= 4 is 5.78 Å². The van der Waals surface area contributed by atoms with Gasteiger partial charge in [0.25, 0.3) is 0 Å². The van der Waals surface area contributed by atoms with Gasteiger partial charge in [0, 0.05) is 12.0 Å². The molecule has 0 atom stereocenters. The number of rotatable bonds is 0. The highest BCUT2D eigenvalue weighted by molar-refractivity contribution is 5.88. The first-order valence-electron chi connectivity index (χ1n) is 4.19. The maximum absolute atomic E-state index is 12.8. The number of carbonyl (C=O) groups excluding carboxylic acids is 1. The quantitative estimate of drug-likeness (QED) is 0.638. The van der Waals surface area contributed by atoms with Gasteiger partial charge in [-0.2, -0.15) is 8.78 Å². The van der Waals surface area contributed by atoms with Crippen molar-refractivity contribution in [2.45, 2.75) is 19.5 Å². The number of aryl methyl sites for hydroxylation is 1. The van der Waals surface area contributed by atoms with Gasteiger partial charge in [-0.05, 0) is 13.0 Å². The third-order valence-electron chi connectivity index (χ3n) is 2.13. The summed E-state index contributed by atoms with van der Waals surface area (Å²) in [7, 11) is 0. The lowest BCUT2D eigenvalue weighted by Crippen LogP contribution is -2.40. The smallest absolute Gasteiger partial charge is 0.426 e. The summed E-state index contributed by atoms with van der Waals surface area (Å²) in [5, 5.41) is 0. The fraction of sp³-hybridized carbons (Fsp3) is 0.300. The van der Waals surface area contributed by atoms with Gasteiger partial charge >= 0.3 is 6.11 Å². The van der Waals surface area contributed by atoms with E-state index in [9.17, 15) is 13.6 Å². The fourth-order valence-electron chi connectivity index (χ4n) is 1.42. The SMILES string of the molecule is Cc1ccc2c(c1)CC(=O)C(F)(F)O2. The zero-order valence-electron chi connectivity index (χ0n) is 7.51. The number of hydrogen-bond acceptors (Lipinski definition) is 2. The molecule has 0 aromatic heterocycles. The van der Waals surface area contributed by atoms with E-state index in [0.717, 1.165) is 5.56 Å². The second kappa shape index (κ2) is 2.77. The van der Waals surface area contributed by atoms with Crippen LogP contribution in [-0.2, 0) is 11.2 Å². The molecule has 1 heterocycles. The largest absolute Gasteiger partial charge is 0.461 e. The van der Waals surface area contributed by atoms with Crippen LogP contribution in [0, 0.1) is 6.92 Å². The van der Waals surface area contributed by atoms with Gasteiger partial charge in [-0.1, -0.05) is 17.7 Å². The highest BCUT2D eigenvalue weighted by Gasteiger charge is 2.45. The third kappa shape index (κ3) is 1.36. The van der Waals surface area contributed by atoms with Gasteiger partial charge in [-0.3, -0.25) is 4.79 Å². The molecule has 0 amide bonds. The number of benzene rings is 1. The van der Waals surface area contributed by atoms with Crippen LogP contribution in [0.5, 0.6) is 5.75 Å². The molecule has 4 heteroatoms. The molecule has 0 bridgehead atoms. The van der Waals surface area contributed by atoms with E-state index in [1.807, 2.05) is 6.92 Å². The molecule has 0 saturated heterocycles. The number of halogens is 2. The molecule has 2 nitrogen and oxygen atoms in total. The van der Waals surface area contributed by atoms with Crippen LogP contribution in [0.4, 0.5) is 8.78 Å². The maximum Gasteiger partial charge on any atom is 0.461 e. The van der Waals surface area contributed by atoms with Crippen molar-refractivity contribution in [3.05, 3.63) is 29.3 Å². The molecule has 1 aliphatic heterocycles. The number of hydrogen-bond donors (Lipinski definition) is 0. The van der Waals surface area contributed by atoms with Crippen LogP contribution in [-0.4, -0.2) is 11.9 Å². The number of Topliss-reactive ketones (excluding diaryl/α,β-unsaturated/α-hetero) is 1. The predicted octanol–water partition coefficient (Wildman–Crippen LogP) is 2.09. The first-order chi connectivity index (χ1) is 6.49. The van der Waals surface area contributed by atoms with Crippen molar-refractivity contribution in [3.63, 3.8) is 0 Å². The average molecular weight is 198 g/mol. The summed E-state index contributed by atoms with van der Waals surface area (Å²) in [5.41, 5.74) is 1.45. The van der Waals surface area contributed by atoms with E-state index in [4.69, 9.17) is 0 Å². The van der Waals surface area contributed by atoms with Crippen LogP contribution < -0.4 is 4.74 Å². The second-order valence-corrected chi connectivity index (χ2v) is 3.33. The normalized spacial score (nSPS) is 18.6. The zero-order valence-corrected chi connectivity index (χ0v) is 7.51. The summed E-state index contributed by atoms with van der Waals surface area (Å²) in [6.07, 6.45) is -3.92. The molecule has 0 radical (unpaired) electrons. The summed E-state index contributed by atoms with van der Waals surface area (Å²) in [5.74, 6) is -1.09. The van der Waals surface area contributed by atoms with Crippen LogP contribution in [0.2, 0.25) is 0 Å². The van der Waals surface area contributed by atoms with Gasteiger partial charge in [0.1, 0.15) is 5.75 Å². The molecule has 74 valence electrons. The molecule has 1 aromatic rings. The summed E-state index contributed by atoms with van der Waals surface area (Å²) in [6.45, 7) is 1.83. The van der Waals surface area contributed by atoms with Crippen LogP contribution in [0.25, 0.3) is 0 Å². The molecule has 2 rings (SSSR count). The lowest BCUT2D eigenvalue weighted by Gasteiger charge is -2.23. The molecule has 0 spiro atoms. The molecule has 1 aliphatic rings. The number of ether oxygens (including phenoxy) is 1. The number of carbonyl (C=O) groups is 1. The lowest BCUT2D eigenvalue weighted by atomic mass is 10.0. The van der Waals surface area contributed by atoms with Gasteiger partial charge in [-0.25, -0.2) is 0 Å².